The maximum absolute atomic E-state index is 13.1. The van der Waals surface area contributed by atoms with Gasteiger partial charge in [-0.3, -0.25) is 9.69 Å². The SMILES string of the molecule is CC(C)(CCC(C(N)=O)(c1ccccc1)c1ccccc1)N1CC(Nc2cccc(O)c2)C1. The van der Waals surface area contributed by atoms with E-state index in [2.05, 4.69) is 24.1 Å². The summed E-state index contributed by atoms with van der Waals surface area (Å²) in [5.74, 6) is -0.0520. The molecular weight excluding hydrogens is 410 g/mol. The molecule has 0 aromatic heterocycles. The predicted octanol–water partition coefficient (Wildman–Crippen LogP) is 4.52. The molecule has 4 rings (SSSR count). The number of primary amides is 1. The largest absolute Gasteiger partial charge is 0.508 e. The number of anilines is 1. The van der Waals surface area contributed by atoms with Crippen LogP contribution >= 0.6 is 0 Å². The van der Waals surface area contributed by atoms with Crippen molar-refractivity contribution in [2.45, 2.75) is 43.7 Å². The van der Waals surface area contributed by atoms with Gasteiger partial charge in [0.05, 0.1) is 11.5 Å². The molecule has 0 aliphatic carbocycles. The number of phenolic OH excluding ortho intramolecular Hbond substituents is 1. The van der Waals surface area contributed by atoms with E-state index in [-0.39, 0.29) is 17.2 Å². The third kappa shape index (κ3) is 4.74. The van der Waals surface area contributed by atoms with E-state index in [9.17, 15) is 9.90 Å². The number of rotatable bonds is 9. The van der Waals surface area contributed by atoms with Crippen molar-refractivity contribution in [2.75, 3.05) is 18.4 Å². The standard InChI is InChI=1S/C28H33N3O2/c1-27(2,31-19-24(20-31)30-23-14-9-15-25(32)18-23)16-17-28(26(29)33,21-10-5-3-6-11-21)22-12-7-4-8-13-22/h3-15,18,24,30,32H,16-17,19-20H2,1-2H3,(H2,29,33). The summed E-state index contributed by atoms with van der Waals surface area (Å²) in [6, 6.07) is 27.4. The van der Waals surface area contributed by atoms with Crippen molar-refractivity contribution in [3.8, 4) is 5.75 Å². The molecule has 3 aromatic rings. The lowest BCUT2D eigenvalue weighted by Gasteiger charge is -2.50. The molecule has 0 radical (unpaired) electrons. The summed E-state index contributed by atoms with van der Waals surface area (Å²) in [6.45, 7) is 6.28. The summed E-state index contributed by atoms with van der Waals surface area (Å²) in [7, 11) is 0. The number of amides is 1. The zero-order chi connectivity index (χ0) is 23.5. The van der Waals surface area contributed by atoms with Gasteiger partial charge in [-0.25, -0.2) is 0 Å². The van der Waals surface area contributed by atoms with Crippen molar-refractivity contribution in [1.82, 2.24) is 4.90 Å². The van der Waals surface area contributed by atoms with Gasteiger partial charge in [0.15, 0.2) is 0 Å². The van der Waals surface area contributed by atoms with E-state index in [1.54, 1.807) is 12.1 Å². The quantitative estimate of drug-likeness (QED) is 0.454. The summed E-state index contributed by atoms with van der Waals surface area (Å²) in [5, 5.41) is 13.2. The predicted molar refractivity (Wildman–Crippen MR) is 133 cm³/mol. The van der Waals surface area contributed by atoms with Crippen molar-refractivity contribution in [3.63, 3.8) is 0 Å². The molecule has 33 heavy (non-hydrogen) atoms. The molecule has 1 saturated heterocycles. The molecule has 4 N–H and O–H groups in total. The first-order valence-corrected chi connectivity index (χ1v) is 11.5. The average molecular weight is 444 g/mol. The molecule has 172 valence electrons. The number of hydrogen-bond acceptors (Lipinski definition) is 4. The topological polar surface area (TPSA) is 78.6 Å². The molecule has 1 aliphatic heterocycles. The van der Waals surface area contributed by atoms with Crippen LogP contribution in [0.4, 0.5) is 5.69 Å². The Morgan fingerprint density at radius 2 is 1.52 bits per heavy atom. The molecule has 1 amide bonds. The Bertz CT molecular complexity index is 1040. The van der Waals surface area contributed by atoms with Crippen molar-refractivity contribution < 1.29 is 9.90 Å². The van der Waals surface area contributed by atoms with Crippen LogP contribution < -0.4 is 11.1 Å². The number of hydrogen-bond donors (Lipinski definition) is 3. The number of phenols is 1. The highest BCUT2D eigenvalue weighted by molar-refractivity contribution is 5.90. The van der Waals surface area contributed by atoms with Gasteiger partial charge in [0.25, 0.3) is 0 Å². The Kier molecular flexibility index (Phi) is 6.43. The van der Waals surface area contributed by atoms with E-state index >= 15 is 0 Å². The Hall–Kier alpha value is -3.31. The highest BCUT2D eigenvalue weighted by atomic mass is 16.3. The van der Waals surface area contributed by atoms with E-state index < -0.39 is 5.41 Å². The van der Waals surface area contributed by atoms with Gasteiger partial charge in [-0.2, -0.15) is 0 Å². The normalized spacial score (nSPS) is 15.1. The highest BCUT2D eigenvalue weighted by Gasteiger charge is 2.44. The first-order valence-electron chi connectivity index (χ1n) is 11.5. The molecule has 1 heterocycles. The van der Waals surface area contributed by atoms with Gasteiger partial charge in [-0.15, -0.1) is 0 Å². The molecule has 0 saturated carbocycles. The summed E-state index contributed by atoms with van der Waals surface area (Å²) in [4.78, 5) is 15.5. The Morgan fingerprint density at radius 1 is 0.939 bits per heavy atom. The van der Waals surface area contributed by atoms with Crippen LogP contribution in [0, 0.1) is 0 Å². The third-order valence-corrected chi connectivity index (χ3v) is 7.02. The second-order valence-corrected chi connectivity index (χ2v) is 9.61. The minimum absolute atomic E-state index is 0.0960. The zero-order valence-electron chi connectivity index (χ0n) is 19.4. The molecule has 0 atom stereocenters. The number of nitrogens with two attached hydrogens (primary N) is 1. The number of nitrogens with one attached hydrogen (secondary N) is 1. The second-order valence-electron chi connectivity index (χ2n) is 9.61. The number of benzene rings is 3. The first kappa shape index (κ1) is 22.9. The molecule has 3 aromatic carbocycles. The van der Waals surface area contributed by atoms with Crippen LogP contribution in [0.15, 0.2) is 84.9 Å². The van der Waals surface area contributed by atoms with Crippen molar-refractivity contribution in [3.05, 3.63) is 96.1 Å². The summed E-state index contributed by atoms with van der Waals surface area (Å²) >= 11 is 0. The van der Waals surface area contributed by atoms with E-state index in [0.717, 1.165) is 36.3 Å². The fourth-order valence-electron chi connectivity index (χ4n) is 4.86. The fraction of sp³-hybridized carbons (Fsp3) is 0.321. The van der Waals surface area contributed by atoms with E-state index in [1.165, 1.54) is 0 Å². The van der Waals surface area contributed by atoms with Crippen LogP contribution in [0.3, 0.4) is 0 Å². The number of carbonyl (C=O) groups is 1. The molecule has 0 unspecified atom stereocenters. The monoisotopic (exact) mass is 443 g/mol. The van der Waals surface area contributed by atoms with Crippen LogP contribution in [-0.2, 0) is 10.2 Å². The molecule has 5 nitrogen and oxygen atoms in total. The molecule has 1 aliphatic rings. The van der Waals surface area contributed by atoms with Crippen LogP contribution in [0.2, 0.25) is 0 Å². The minimum Gasteiger partial charge on any atom is -0.508 e. The van der Waals surface area contributed by atoms with Gasteiger partial charge in [0, 0.05) is 30.4 Å². The summed E-state index contributed by atoms with van der Waals surface area (Å²) < 4.78 is 0. The van der Waals surface area contributed by atoms with E-state index in [4.69, 9.17) is 5.73 Å². The van der Waals surface area contributed by atoms with E-state index in [0.29, 0.717) is 12.5 Å². The second kappa shape index (κ2) is 9.28. The highest BCUT2D eigenvalue weighted by Crippen LogP contribution is 2.40. The van der Waals surface area contributed by atoms with Crippen LogP contribution in [0.25, 0.3) is 0 Å². The van der Waals surface area contributed by atoms with Crippen LogP contribution in [0.1, 0.15) is 37.8 Å². The van der Waals surface area contributed by atoms with Crippen LogP contribution in [-0.4, -0.2) is 40.6 Å². The third-order valence-electron chi connectivity index (χ3n) is 7.02. The molecule has 0 bridgehead atoms. The lowest BCUT2D eigenvalue weighted by molar-refractivity contribution is -0.122. The molecule has 0 spiro atoms. The maximum atomic E-state index is 13.1. The Morgan fingerprint density at radius 3 is 2.03 bits per heavy atom. The van der Waals surface area contributed by atoms with Gasteiger partial charge in [0.2, 0.25) is 5.91 Å². The van der Waals surface area contributed by atoms with Crippen LogP contribution in [0.5, 0.6) is 5.75 Å². The minimum atomic E-state index is -0.871. The zero-order valence-corrected chi connectivity index (χ0v) is 19.4. The lowest BCUT2D eigenvalue weighted by atomic mass is 9.69. The van der Waals surface area contributed by atoms with E-state index in [1.807, 2.05) is 72.8 Å². The average Bonchev–Trinajstić information content (AvgIpc) is 2.77. The van der Waals surface area contributed by atoms with Crippen molar-refractivity contribution in [1.29, 1.82) is 0 Å². The van der Waals surface area contributed by atoms with Crippen molar-refractivity contribution in [2.24, 2.45) is 5.73 Å². The first-order chi connectivity index (χ1) is 15.8. The van der Waals surface area contributed by atoms with Gasteiger partial charge < -0.3 is 16.2 Å². The molecular formula is C28H33N3O2. The Balaban J connectivity index is 1.49. The van der Waals surface area contributed by atoms with Crippen molar-refractivity contribution >= 4 is 11.6 Å². The number of carbonyl (C=O) groups excluding carboxylic acids is 1. The lowest BCUT2D eigenvalue weighted by Crippen LogP contribution is -2.62. The number of likely N-dealkylation sites (tertiary alicyclic amines) is 1. The van der Waals surface area contributed by atoms with Gasteiger partial charge in [-0.05, 0) is 49.9 Å². The summed E-state index contributed by atoms with van der Waals surface area (Å²) in [5.41, 5.74) is 7.96. The number of nitrogens with zero attached hydrogens (tertiary/aromatic N) is 1. The smallest absolute Gasteiger partial charge is 0.232 e. The fourth-order valence-corrected chi connectivity index (χ4v) is 4.86. The van der Waals surface area contributed by atoms with Gasteiger partial charge in [-0.1, -0.05) is 66.7 Å². The number of aromatic hydroxyl groups is 1. The Labute approximate surface area is 196 Å². The maximum Gasteiger partial charge on any atom is 0.232 e. The van der Waals surface area contributed by atoms with Gasteiger partial charge >= 0.3 is 0 Å². The molecule has 1 fully saturated rings. The molecule has 5 heteroatoms. The summed E-state index contributed by atoms with van der Waals surface area (Å²) in [6.07, 6.45) is 1.45. The van der Waals surface area contributed by atoms with Gasteiger partial charge in [0.1, 0.15) is 5.75 Å².